The van der Waals surface area contributed by atoms with Crippen molar-refractivity contribution in [2.75, 3.05) is 5.73 Å². The monoisotopic (exact) mass is 297 g/mol. The number of nitrogen functional groups attached to an aromatic ring is 1. The van der Waals surface area contributed by atoms with Gasteiger partial charge in [0.15, 0.2) is 0 Å². The second-order valence-electron chi connectivity index (χ2n) is 4.63. The van der Waals surface area contributed by atoms with Crippen LogP contribution < -0.4 is 5.73 Å². The number of nitrogens with two attached hydrogens (primary N) is 1. The Hall–Kier alpha value is -1.10. The first-order valence-corrected chi connectivity index (χ1v) is 6.55. The molecule has 0 spiro atoms. The van der Waals surface area contributed by atoms with Crippen LogP contribution >= 0.6 is 15.9 Å². The summed E-state index contributed by atoms with van der Waals surface area (Å²) in [7, 11) is 0. The molecular weight excluding hydrogens is 285 g/mol. The summed E-state index contributed by atoms with van der Waals surface area (Å²) in [6.07, 6.45) is 3.76. The molecule has 2 N–H and O–H groups in total. The van der Waals surface area contributed by atoms with E-state index in [-0.39, 0.29) is 5.82 Å². The maximum atomic E-state index is 13.5. The molecule has 1 saturated carbocycles. The molecule has 1 heterocycles. The lowest BCUT2D eigenvalue weighted by Crippen LogP contribution is -2.19. The van der Waals surface area contributed by atoms with Crippen LogP contribution in [0.2, 0.25) is 0 Å². The number of anilines is 1. The number of imidazole rings is 1. The molecule has 3 nitrogen and oxygen atoms in total. The minimum Gasteiger partial charge on any atom is -0.369 e. The van der Waals surface area contributed by atoms with Crippen LogP contribution in [0.1, 0.15) is 19.3 Å². The molecular formula is C12H13BrFN3. The van der Waals surface area contributed by atoms with Crippen molar-refractivity contribution >= 4 is 32.9 Å². The van der Waals surface area contributed by atoms with Crippen LogP contribution in [0.4, 0.5) is 10.3 Å². The Morgan fingerprint density at radius 1 is 1.47 bits per heavy atom. The van der Waals surface area contributed by atoms with E-state index in [4.69, 9.17) is 5.73 Å². The molecule has 1 aliphatic carbocycles. The third-order valence-corrected chi connectivity index (χ3v) is 4.09. The van der Waals surface area contributed by atoms with Crippen molar-refractivity contribution in [3.8, 4) is 0 Å². The van der Waals surface area contributed by atoms with Crippen molar-refractivity contribution in [1.29, 1.82) is 0 Å². The molecule has 0 bridgehead atoms. The van der Waals surface area contributed by atoms with Crippen molar-refractivity contribution in [1.82, 2.24) is 9.55 Å². The summed E-state index contributed by atoms with van der Waals surface area (Å²) in [6, 6.07) is 3.18. The molecule has 0 unspecified atom stereocenters. The number of aromatic nitrogens is 2. The van der Waals surface area contributed by atoms with E-state index in [1.165, 1.54) is 25.3 Å². The van der Waals surface area contributed by atoms with E-state index < -0.39 is 0 Å². The summed E-state index contributed by atoms with van der Waals surface area (Å²) in [6.45, 7) is 0.851. The highest BCUT2D eigenvalue weighted by molar-refractivity contribution is 9.10. The first kappa shape index (κ1) is 11.0. The Labute approximate surface area is 107 Å². The van der Waals surface area contributed by atoms with Gasteiger partial charge >= 0.3 is 0 Å². The number of halogens is 2. The van der Waals surface area contributed by atoms with E-state index in [0.717, 1.165) is 17.6 Å². The third kappa shape index (κ3) is 1.82. The molecule has 1 fully saturated rings. The van der Waals surface area contributed by atoms with Crippen LogP contribution in [0.15, 0.2) is 16.6 Å². The van der Waals surface area contributed by atoms with E-state index >= 15 is 0 Å². The van der Waals surface area contributed by atoms with Crippen molar-refractivity contribution < 1.29 is 4.39 Å². The molecule has 17 heavy (non-hydrogen) atoms. The standard InChI is InChI=1S/C12H13BrFN3/c13-8-4-10-11(5-9(8)14)17(12(15)16-10)6-7-2-1-3-7/h4-5,7H,1-3,6H2,(H2,15,16). The van der Waals surface area contributed by atoms with Crippen molar-refractivity contribution in [3.05, 3.63) is 22.4 Å². The first-order valence-electron chi connectivity index (χ1n) is 5.76. The lowest BCUT2D eigenvalue weighted by Gasteiger charge is -2.26. The van der Waals surface area contributed by atoms with Gasteiger partial charge < -0.3 is 10.3 Å². The molecule has 0 atom stereocenters. The van der Waals surface area contributed by atoms with Gasteiger partial charge in [0.2, 0.25) is 5.95 Å². The molecule has 0 amide bonds. The van der Waals surface area contributed by atoms with E-state index in [0.29, 0.717) is 16.3 Å². The summed E-state index contributed by atoms with van der Waals surface area (Å²) < 4.78 is 15.9. The number of fused-ring (bicyclic) bond motifs is 1. The quantitative estimate of drug-likeness (QED) is 0.924. The average Bonchev–Trinajstić information content (AvgIpc) is 2.49. The van der Waals surface area contributed by atoms with Crippen molar-refractivity contribution in [2.45, 2.75) is 25.8 Å². The number of hydrogen-bond donors (Lipinski definition) is 1. The molecule has 0 aliphatic heterocycles. The second-order valence-corrected chi connectivity index (χ2v) is 5.49. The largest absolute Gasteiger partial charge is 0.369 e. The van der Waals surface area contributed by atoms with E-state index in [2.05, 4.69) is 20.9 Å². The van der Waals surface area contributed by atoms with Gasteiger partial charge in [0.25, 0.3) is 0 Å². The van der Waals surface area contributed by atoms with Gasteiger partial charge in [-0.2, -0.15) is 0 Å². The zero-order valence-corrected chi connectivity index (χ0v) is 10.9. The second kappa shape index (κ2) is 3.98. The minimum atomic E-state index is -0.271. The summed E-state index contributed by atoms with van der Waals surface area (Å²) in [5, 5.41) is 0. The van der Waals surface area contributed by atoms with Gasteiger partial charge in [-0.15, -0.1) is 0 Å². The Kier molecular flexibility index (Phi) is 2.58. The third-order valence-electron chi connectivity index (χ3n) is 3.49. The molecule has 90 valence electrons. The van der Waals surface area contributed by atoms with Gasteiger partial charge in [-0.05, 0) is 40.8 Å². The topological polar surface area (TPSA) is 43.8 Å². The Bertz CT molecular complexity index is 575. The van der Waals surface area contributed by atoms with E-state index in [1.54, 1.807) is 6.07 Å². The summed E-state index contributed by atoms with van der Waals surface area (Å²) in [4.78, 5) is 4.27. The van der Waals surface area contributed by atoms with Gasteiger partial charge in [0.05, 0.1) is 15.5 Å². The average molecular weight is 298 g/mol. The number of hydrogen-bond acceptors (Lipinski definition) is 2. The molecule has 0 saturated heterocycles. The predicted molar refractivity (Wildman–Crippen MR) is 69.1 cm³/mol. The van der Waals surface area contributed by atoms with Gasteiger partial charge in [0.1, 0.15) is 5.82 Å². The highest BCUT2D eigenvalue weighted by atomic mass is 79.9. The smallest absolute Gasteiger partial charge is 0.201 e. The molecule has 2 aromatic rings. The zero-order valence-electron chi connectivity index (χ0n) is 9.29. The van der Waals surface area contributed by atoms with E-state index in [9.17, 15) is 4.39 Å². The molecule has 3 rings (SSSR count). The molecule has 0 radical (unpaired) electrons. The van der Waals surface area contributed by atoms with Crippen LogP contribution in [-0.4, -0.2) is 9.55 Å². The highest BCUT2D eigenvalue weighted by Crippen LogP contribution is 2.31. The van der Waals surface area contributed by atoms with Crippen LogP contribution in [0.5, 0.6) is 0 Å². The van der Waals surface area contributed by atoms with Crippen LogP contribution in [-0.2, 0) is 6.54 Å². The molecule has 5 heteroatoms. The Morgan fingerprint density at radius 3 is 2.88 bits per heavy atom. The van der Waals surface area contributed by atoms with Gasteiger partial charge in [0, 0.05) is 12.6 Å². The zero-order chi connectivity index (χ0) is 12.0. The lowest BCUT2D eigenvalue weighted by molar-refractivity contribution is 0.280. The Morgan fingerprint density at radius 2 is 2.24 bits per heavy atom. The van der Waals surface area contributed by atoms with Gasteiger partial charge in [-0.1, -0.05) is 6.42 Å². The molecule has 1 aromatic carbocycles. The number of rotatable bonds is 2. The van der Waals surface area contributed by atoms with Crippen molar-refractivity contribution in [2.24, 2.45) is 5.92 Å². The molecule has 1 aromatic heterocycles. The summed E-state index contributed by atoms with van der Waals surface area (Å²) in [5.74, 6) is 0.873. The van der Waals surface area contributed by atoms with Crippen molar-refractivity contribution in [3.63, 3.8) is 0 Å². The minimum absolute atomic E-state index is 0.271. The van der Waals surface area contributed by atoms with Crippen LogP contribution in [0.3, 0.4) is 0 Å². The maximum Gasteiger partial charge on any atom is 0.201 e. The van der Waals surface area contributed by atoms with Crippen LogP contribution in [0.25, 0.3) is 11.0 Å². The fourth-order valence-corrected chi connectivity index (χ4v) is 2.60. The fraction of sp³-hybridized carbons (Fsp3) is 0.417. The highest BCUT2D eigenvalue weighted by Gasteiger charge is 2.20. The SMILES string of the molecule is Nc1nc2cc(Br)c(F)cc2n1CC1CCC1. The number of benzene rings is 1. The predicted octanol–water partition coefficient (Wildman–Crippen LogP) is 3.32. The molecule has 1 aliphatic rings. The lowest BCUT2D eigenvalue weighted by atomic mass is 9.85. The number of nitrogens with zero attached hydrogens (tertiary/aromatic N) is 2. The van der Waals surface area contributed by atoms with E-state index in [1.807, 2.05) is 4.57 Å². The summed E-state index contributed by atoms with van der Waals surface area (Å²) in [5.41, 5.74) is 7.43. The summed E-state index contributed by atoms with van der Waals surface area (Å²) >= 11 is 3.16. The first-order chi connectivity index (χ1) is 8.15. The van der Waals surface area contributed by atoms with Gasteiger partial charge in [-0.3, -0.25) is 0 Å². The Balaban J connectivity index is 2.08. The van der Waals surface area contributed by atoms with Crippen LogP contribution in [0, 0.1) is 11.7 Å². The normalized spacial score (nSPS) is 16.4. The maximum absolute atomic E-state index is 13.5. The van der Waals surface area contributed by atoms with Gasteiger partial charge in [-0.25, -0.2) is 9.37 Å². The fourth-order valence-electron chi connectivity index (χ4n) is 2.26.